The molecule has 0 radical (unpaired) electrons. The van der Waals surface area contributed by atoms with Crippen LogP contribution >= 0.6 is 11.6 Å². The van der Waals surface area contributed by atoms with Gasteiger partial charge >= 0.3 is 0 Å². The number of halogens is 1. The number of anilines is 1. The molecule has 0 aliphatic heterocycles. The van der Waals surface area contributed by atoms with Crippen LogP contribution < -0.4 is 9.47 Å². The molecule has 2 aromatic carbocycles. The first-order valence-electron chi connectivity index (χ1n) is 10.6. The van der Waals surface area contributed by atoms with E-state index in [1.54, 1.807) is 0 Å². The van der Waals surface area contributed by atoms with Gasteiger partial charge < -0.3 is 4.90 Å². The smallest absolute Gasteiger partial charge is 0.169 e. The lowest BCUT2D eigenvalue weighted by atomic mass is 10.0. The van der Waals surface area contributed by atoms with Crippen molar-refractivity contribution in [2.75, 3.05) is 24.9 Å². The predicted molar refractivity (Wildman–Crippen MR) is 128 cm³/mol. The Morgan fingerprint density at radius 2 is 1.48 bits per heavy atom. The van der Waals surface area contributed by atoms with Crippen molar-refractivity contribution in [1.29, 1.82) is 0 Å². The highest BCUT2D eigenvalue weighted by molar-refractivity contribution is 6.17. The number of unbranched alkanes of at least 4 members (excludes halogenated alkanes) is 4. The number of aromatic nitrogens is 1. The third-order valence-corrected chi connectivity index (χ3v) is 5.61. The zero-order valence-corrected chi connectivity index (χ0v) is 18.4. The van der Waals surface area contributed by atoms with Crippen LogP contribution in [-0.2, 0) is 6.54 Å². The summed E-state index contributed by atoms with van der Waals surface area (Å²) in [5.74, 6) is 0.791. The van der Waals surface area contributed by atoms with E-state index in [1.165, 1.54) is 53.3 Å². The molecular weight excluding hydrogens is 376 g/mol. The molecule has 0 amide bonds. The summed E-state index contributed by atoms with van der Waals surface area (Å²) in [4.78, 5) is 2.17. The van der Waals surface area contributed by atoms with E-state index in [1.807, 2.05) is 0 Å². The molecular formula is C26H32ClN2+. The Morgan fingerprint density at radius 1 is 0.793 bits per heavy atom. The summed E-state index contributed by atoms with van der Waals surface area (Å²) in [6.45, 7) is 1.08. The number of rotatable bonds is 10. The molecule has 3 aromatic rings. The average Bonchev–Trinajstić information content (AvgIpc) is 2.75. The van der Waals surface area contributed by atoms with E-state index in [0.29, 0.717) is 0 Å². The lowest BCUT2D eigenvalue weighted by molar-refractivity contribution is -0.697. The standard InChI is InChI=1S/C26H32ClN2/c1-28(2)26-15-14-23(24-10-6-7-11-25(24)26)13-12-22-16-20-29(21-17-22)19-9-5-3-4-8-18-27/h6-7,10-17,20-21H,3-5,8-9,18-19H2,1-2H3/q+1. The van der Waals surface area contributed by atoms with Crippen LogP contribution in [0.1, 0.15) is 43.2 Å². The van der Waals surface area contributed by atoms with Crippen molar-refractivity contribution >= 4 is 40.2 Å². The fraction of sp³-hybridized carbons (Fsp3) is 0.346. The minimum absolute atomic E-state index is 0.791. The minimum Gasteiger partial charge on any atom is -0.377 e. The maximum atomic E-state index is 5.73. The molecule has 1 aromatic heterocycles. The minimum atomic E-state index is 0.791. The van der Waals surface area contributed by atoms with Crippen molar-refractivity contribution in [3.63, 3.8) is 0 Å². The molecule has 0 spiro atoms. The molecule has 0 bridgehead atoms. The number of alkyl halides is 1. The summed E-state index contributed by atoms with van der Waals surface area (Å²) in [5.41, 5.74) is 3.73. The molecule has 3 rings (SSSR count). The van der Waals surface area contributed by atoms with Crippen LogP contribution in [0.25, 0.3) is 22.9 Å². The van der Waals surface area contributed by atoms with Gasteiger partial charge in [0.15, 0.2) is 12.4 Å². The van der Waals surface area contributed by atoms with Crippen molar-refractivity contribution in [2.24, 2.45) is 0 Å². The molecule has 0 aliphatic carbocycles. The van der Waals surface area contributed by atoms with Gasteiger partial charge in [0.05, 0.1) is 0 Å². The molecule has 0 fully saturated rings. The lowest BCUT2D eigenvalue weighted by Gasteiger charge is -2.16. The Labute approximate surface area is 180 Å². The summed E-state index contributed by atoms with van der Waals surface area (Å²) in [5, 5.41) is 2.58. The van der Waals surface area contributed by atoms with Gasteiger partial charge in [0.2, 0.25) is 0 Å². The molecule has 3 heteroatoms. The predicted octanol–water partition coefficient (Wildman–Crippen LogP) is 6.55. The van der Waals surface area contributed by atoms with Crippen molar-refractivity contribution < 1.29 is 4.57 Å². The number of benzene rings is 2. The first kappa shape index (κ1) is 21.4. The molecule has 0 N–H and O–H groups in total. The third kappa shape index (κ3) is 6.08. The van der Waals surface area contributed by atoms with Crippen molar-refractivity contribution in [3.8, 4) is 0 Å². The molecule has 29 heavy (non-hydrogen) atoms. The zero-order valence-electron chi connectivity index (χ0n) is 17.7. The number of fused-ring (bicyclic) bond motifs is 1. The van der Waals surface area contributed by atoms with Gasteiger partial charge in [0.25, 0.3) is 0 Å². The maximum absolute atomic E-state index is 5.73. The fourth-order valence-corrected chi connectivity index (χ4v) is 3.87. The highest BCUT2D eigenvalue weighted by Gasteiger charge is 2.05. The molecule has 0 saturated carbocycles. The number of hydrogen-bond acceptors (Lipinski definition) is 1. The first-order chi connectivity index (χ1) is 14.2. The molecule has 0 aliphatic rings. The highest BCUT2D eigenvalue weighted by atomic mass is 35.5. The van der Waals surface area contributed by atoms with Crippen LogP contribution in [-0.4, -0.2) is 20.0 Å². The second kappa shape index (κ2) is 11.0. The highest BCUT2D eigenvalue weighted by Crippen LogP contribution is 2.29. The number of pyridine rings is 1. The summed E-state index contributed by atoms with van der Waals surface area (Å²) in [6, 6.07) is 17.4. The van der Waals surface area contributed by atoms with Crippen LogP contribution in [0.2, 0.25) is 0 Å². The van der Waals surface area contributed by atoms with Crippen molar-refractivity contribution in [1.82, 2.24) is 0 Å². The van der Waals surface area contributed by atoms with E-state index in [2.05, 4.69) is 96.6 Å². The van der Waals surface area contributed by atoms with Crippen LogP contribution in [0.4, 0.5) is 5.69 Å². The van der Waals surface area contributed by atoms with Crippen molar-refractivity contribution in [2.45, 2.75) is 38.6 Å². The number of aryl methyl sites for hydroxylation is 1. The number of nitrogens with zero attached hydrogens (tertiary/aromatic N) is 2. The van der Waals surface area contributed by atoms with Crippen LogP contribution in [0.3, 0.4) is 0 Å². The maximum Gasteiger partial charge on any atom is 0.169 e. The second-order valence-electron chi connectivity index (χ2n) is 7.77. The molecule has 1 heterocycles. The van der Waals surface area contributed by atoms with Crippen molar-refractivity contribution in [3.05, 3.63) is 72.1 Å². The van der Waals surface area contributed by atoms with Gasteiger partial charge in [-0.1, -0.05) is 55.3 Å². The van der Waals surface area contributed by atoms with Crippen LogP contribution in [0.5, 0.6) is 0 Å². The fourth-order valence-electron chi connectivity index (χ4n) is 3.68. The van der Waals surface area contributed by atoms with Gasteiger partial charge in [-0.25, -0.2) is 4.57 Å². The Bertz CT molecular complexity index is 929. The third-order valence-electron chi connectivity index (χ3n) is 5.34. The normalized spacial score (nSPS) is 11.4. The largest absolute Gasteiger partial charge is 0.377 e. The zero-order chi connectivity index (χ0) is 20.5. The van der Waals surface area contributed by atoms with Gasteiger partial charge in [-0.15, -0.1) is 11.6 Å². The topological polar surface area (TPSA) is 7.12 Å². The van der Waals surface area contributed by atoms with Gasteiger partial charge in [-0.3, -0.25) is 0 Å². The Morgan fingerprint density at radius 3 is 2.21 bits per heavy atom. The van der Waals surface area contributed by atoms with Gasteiger partial charge in [-0.2, -0.15) is 0 Å². The Hall–Kier alpha value is -2.32. The van der Waals surface area contributed by atoms with E-state index in [0.717, 1.165) is 18.8 Å². The summed E-state index contributed by atoms with van der Waals surface area (Å²) in [7, 11) is 4.19. The average molecular weight is 408 g/mol. The SMILES string of the molecule is CN(C)c1ccc(/C=C/c2cc[n+](CCCCCCCCl)cc2)c2ccccc12. The first-order valence-corrected chi connectivity index (χ1v) is 11.1. The van der Waals surface area contributed by atoms with E-state index in [4.69, 9.17) is 11.6 Å². The number of hydrogen-bond donors (Lipinski definition) is 0. The molecule has 0 atom stereocenters. The molecule has 0 unspecified atom stereocenters. The van der Waals surface area contributed by atoms with Gasteiger partial charge in [-0.05, 0) is 35.4 Å². The monoisotopic (exact) mass is 407 g/mol. The van der Waals surface area contributed by atoms with E-state index in [-0.39, 0.29) is 0 Å². The van der Waals surface area contributed by atoms with Gasteiger partial charge in [0, 0.05) is 49.6 Å². The van der Waals surface area contributed by atoms with E-state index < -0.39 is 0 Å². The molecule has 0 saturated heterocycles. The Kier molecular flexibility index (Phi) is 8.13. The second-order valence-corrected chi connectivity index (χ2v) is 8.15. The Balaban J connectivity index is 1.64. The quantitative estimate of drug-likeness (QED) is 0.210. The van der Waals surface area contributed by atoms with E-state index >= 15 is 0 Å². The molecule has 2 nitrogen and oxygen atoms in total. The summed E-state index contributed by atoms with van der Waals surface area (Å²) >= 11 is 5.73. The summed E-state index contributed by atoms with van der Waals surface area (Å²) < 4.78 is 2.28. The van der Waals surface area contributed by atoms with E-state index in [9.17, 15) is 0 Å². The lowest BCUT2D eigenvalue weighted by Crippen LogP contribution is -2.32. The molecule has 152 valence electrons. The van der Waals surface area contributed by atoms with Crippen LogP contribution in [0, 0.1) is 0 Å². The van der Waals surface area contributed by atoms with Crippen LogP contribution in [0.15, 0.2) is 60.9 Å². The van der Waals surface area contributed by atoms with Gasteiger partial charge in [0.1, 0.15) is 6.54 Å². The summed E-state index contributed by atoms with van der Waals surface area (Å²) in [6.07, 6.45) is 15.0.